The smallest absolute Gasteiger partial charge is 0.408 e. The number of alkyl carbamates (subject to hydrolysis) is 1. The lowest BCUT2D eigenvalue weighted by Crippen LogP contribution is -2.64. The molecule has 2 aromatic carbocycles. The Bertz CT molecular complexity index is 1010. The Morgan fingerprint density at radius 1 is 0.939 bits per heavy atom. The molecule has 8 heteroatoms. The zero-order valence-electron chi connectivity index (χ0n) is 19.3. The number of aliphatic carboxylic acids is 1. The summed E-state index contributed by atoms with van der Waals surface area (Å²) in [5, 5.41) is 14.6. The first kappa shape index (κ1) is 24.3. The predicted molar refractivity (Wildman–Crippen MR) is 123 cm³/mol. The van der Waals surface area contributed by atoms with Crippen LogP contribution in [0.1, 0.15) is 44.2 Å². The molecule has 0 aromatic heterocycles. The molecular formula is C25H30N2O6. The van der Waals surface area contributed by atoms with Gasteiger partial charge in [0.1, 0.15) is 12.1 Å². The highest BCUT2D eigenvalue weighted by molar-refractivity contribution is 5.94. The first-order valence-electron chi connectivity index (χ1n) is 10.8. The summed E-state index contributed by atoms with van der Waals surface area (Å²) >= 11 is 0. The van der Waals surface area contributed by atoms with Crippen molar-refractivity contribution in [2.45, 2.75) is 44.2 Å². The summed E-state index contributed by atoms with van der Waals surface area (Å²) in [7, 11) is 1.35. The fraction of sp³-hybridized carbons (Fsp3) is 0.400. The van der Waals surface area contributed by atoms with Gasteiger partial charge in [0.05, 0.1) is 6.61 Å². The SMILES string of the molecule is CCC(C)(NC(=O)OCC1c2ccccc2-c2ccccc21)C(=O)NC(C)(COC)C(=O)O. The molecule has 3 rings (SSSR count). The van der Waals surface area contributed by atoms with Gasteiger partial charge in [-0.05, 0) is 42.5 Å². The summed E-state index contributed by atoms with van der Waals surface area (Å²) in [5.41, 5.74) is 1.40. The van der Waals surface area contributed by atoms with Crippen LogP contribution in [0.5, 0.6) is 0 Å². The number of carbonyl (C=O) groups is 3. The molecular weight excluding hydrogens is 424 g/mol. The predicted octanol–water partition coefficient (Wildman–Crippen LogP) is 3.30. The highest BCUT2D eigenvalue weighted by Crippen LogP contribution is 2.44. The van der Waals surface area contributed by atoms with Crippen LogP contribution in [-0.4, -0.2) is 54.5 Å². The number of rotatable bonds is 9. The number of methoxy groups -OCH3 is 1. The maximum absolute atomic E-state index is 12.9. The minimum Gasteiger partial charge on any atom is -0.479 e. The van der Waals surface area contributed by atoms with Crippen LogP contribution in [0.3, 0.4) is 0 Å². The number of carboxylic acid groups (broad SMARTS) is 1. The lowest BCUT2D eigenvalue weighted by Gasteiger charge is -2.33. The molecule has 0 aliphatic heterocycles. The number of hydrogen-bond acceptors (Lipinski definition) is 5. The third kappa shape index (κ3) is 4.85. The second-order valence-electron chi connectivity index (χ2n) is 8.66. The molecule has 8 nitrogen and oxygen atoms in total. The summed E-state index contributed by atoms with van der Waals surface area (Å²) in [6.07, 6.45) is -0.522. The zero-order valence-corrected chi connectivity index (χ0v) is 19.3. The fourth-order valence-electron chi connectivity index (χ4n) is 3.99. The molecule has 2 amide bonds. The van der Waals surface area contributed by atoms with Crippen molar-refractivity contribution in [2.24, 2.45) is 0 Å². The number of amides is 2. The van der Waals surface area contributed by atoms with E-state index in [4.69, 9.17) is 9.47 Å². The summed E-state index contributed by atoms with van der Waals surface area (Å²) in [4.78, 5) is 37.2. The zero-order chi connectivity index (χ0) is 24.2. The van der Waals surface area contributed by atoms with Crippen LogP contribution in [0.25, 0.3) is 11.1 Å². The molecule has 0 spiro atoms. The molecule has 0 radical (unpaired) electrons. The molecule has 1 aliphatic carbocycles. The number of fused-ring (bicyclic) bond motifs is 3. The van der Waals surface area contributed by atoms with Crippen molar-refractivity contribution in [3.63, 3.8) is 0 Å². The van der Waals surface area contributed by atoms with Crippen molar-refractivity contribution in [1.29, 1.82) is 0 Å². The molecule has 0 heterocycles. The molecule has 2 atom stereocenters. The van der Waals surface area contributed by atoms with Gasteiger partial charge in [-0.2, -0.15) is 0 Å². The number of benzene rings is 2. The van der Waals surface area contributed by atoms with E-state index in [1.54, 1.807) is 6.92 Å². The molecule has 2 unspecified atom stereocenters. The molecule has 0 bridgehead atoms. The summed E-state index contributed by atoms with van der Waals surface area (Å²) in [6.45, 7) is 4.48. The van der Waals surface area contributed by atoms with E-state index in [9.17, 15) is 19.5 Å². The Morgan fingerprint density at radius 3 is 1.97 bits per heavy atom. The van der Waals surface area contributed by atoms with Gasteiger partial charge in [0.2, 0.25) is 5.91 Å². The van der Waals surface area contributed by atoms with Gasteiger partial charge < -0.3 is 25.2 Å². The minimum absolute atomic E-state index is 0.109. The van der Waals surface area contributed by atoms with Crippen molar-refractivity contribution >= 4 is 18.0 Å². The number of hydrogen-bond donors (Lipinski definition) is 3. The van der Waals surface area contributed by atoms with Gasteiger partial charge in [0.25, 0.3) is 0 Å². The Kier molecular flexibility index (Phi) is 7.07. The van der Waals surface area contributed by atoms with E-state index in [-0.39, 0.29) is 25.6 Å². The third-order valence-corrected chi connectivity index (χ3v) is 6.22. The Labute approximate surface area is 193 Å². The average molecular weight is 455 g/mol. The lowest BCUT2D eigenvalue weighted by molar-refractivity contribution is -0.150. The van der Waals surface area contributed by atoms with E-state index in [2.05, 4.69) is 10.6 Å². The molecule has 0 saturated heterocycles. The second-order valence-corrected chi connectivity index (χ2v) is 8.66. The number of nitrogens with one attached hydrogen (secondary N) is 2. The van der Waals surface area contributed by atoms with Gasteiger partial charge >= 0.3 is 12.1 Å². The van der Waals surface area contributed by atoms with Crippen molar-refractivity contribution < 1.29 is 29.0 Å². The van der Waals surface area contributed by atoms with E-state index >= 15 is 0 Å². The van der Waals surface area contributed by atoms with Crippen molar-refractivity contribution in [2.75, 3.05) is 20.3 Å². The first-order valence-corrected chi connectivity index (χ1v) is 10.8. The fourth-order valence-corrected chi connectivity index (χ4v) is 3.99. The molecule has 3 N–H and O–H groups in total. The van der Waals surface area contributed by atoms with Crippen LogP contribution >= 0.6 is 0 Å². The monoisotopic (exact) mass is 454 g/mol. The van der Waals surface area contributed by atoms with E-state index in [1.807, 2.05) is 48.5 Å². The quantitative estimate of drug-likeness (QED) is 0.536. The van der Waals surface area contributed by atoms with E-state index in [0.29, 0.717) is 0 Å². The Morgan fingerprint density at radius 2 is 1.48 bits per heavy atom. The van der Waals surface area contributed by atoms with Gasteiger partial charge in [0.15, 0.2) is 5.54 Å². The van der Waals surface area contributed by atoms with Crippen molar-refractivity contribution in [3.05, 3.63) is 59.7 Å². The van der Waals surface area contributed by atoms with Crippen molar-refractivity contribution in [1.82, 2.24) is 10.6 Å². The first-order chi connectivity index (χ1) is 15.6. The molecule has 33 heavy (non-hydrogen) atoms. The molecule has 176 valence electrons. The molecule has 1 aliphatic rings. The third-order valence-electron chi connectivity index (χ3n) is 6.22. The van der Waals surface area contributed by atoms with Gasteiger partial charge in [-0.25, -0.2) is 9.59 Å². The van der Waals surface area contributed by atoms with Crippen molar-refractivity contribution in [3.8, 4) is 11.1 Å². The molecule has 0 saturated carbocycles. The van der Waals surface area contributed by atoms with Gasteiger partial charge in [-0.3, -0.25) is 4.79 Å². The van der Waals surface area contributed by atoms with Gasteiger partial charge in [-0.15, -0.1) is 0 Å². The summed E-state index contributed by atoms with van der Waals surface area (Å²) < 4.78 is 10.5. The normalized spacial score (nSPS) is 16.0. The highest BCUT2D eigenvalue weighted by Gasteiger charge is 2.42. The van der Waals surface area contributed by atoms with E-state index < -0.39 is 29.0 Å². The van der Waals surface area contributed by atoms with Crippen LogP contribution in [0.15, 0.2) is 48.5 Å². The topological polar surface area (TPSA) is 114 Å². The maximum Gasteiger partial charge on any atom is 0.408 e. The number of carbonyl (C=O) groups excluding carboxylic acids is 2. The average Bonchev–Trinajstić information content (AvgIpc) is 3.11. The number of ether oxygens (including phenoxy) is 2. The van der Waals surface area contributed by atoms with Gasteiger partial charge in [-0.1, -0.05) is 55.5 Å². The van der Waals surface area contributed by atoms with Crippen LogP contribution in [-0.2, 0) is 19.1 Å². The van der Waals surface area contributed by atoms with Crippen LogP contribution in [0.2, 0.25) is 0 Å². The lowest BCUT2D eigenvalue weighted by atomic mass is 9.95. The van der Waals surface area contributed by atoms with Crippen LogP contribution in [0.4, 0.5) is 4.79 Å². The molecule has 0 fully saturated rings. The largest absolute Gasteiger partial charge is 0.479 e. The van der Waals surface area contributed by atoms with E-state index in [0.717, 1.165) is 22.3 Å². The number of carboxylic acids is 1. The highest BCUT2D eigenvalue weighted by atomic mass is 16.5. The minimum atomic E-state index is -1.63. The standard InChI is InChI=1S/C25H30N2O6/c1-5-24(2,21(28)26-25(3,15-32-4)22(29)30)27-23(31)33-14-20-18-12-8-6-10-16(18)17-11-7-9-13-19(17)20/h6-13,20H,5,14-15H2,1-4H3,(H,26,28)(H,27,31)(H,29,30). The Balaban J connectivity index is 1.69. The van der Waals surface area contributed by atoms with Gasteiger partial charge in [0, 0.05) is 13.0 Å². The van der Waals surface area contributed by atoms with Crippen LogP contribution < -0.4 is 10.6 Å². The Hall–Kier alpha value is -3.39. The summed E-state index contributed by atoms with van der Waals surface area (Å²) in [6, 6.07) is 16.0. The molecule has 2 aromatic rings. The summed E-state index contributed by atoms with van der Waals surface area (Å²) in [5.74, 6) is -1.99. The maximum atomic E-state index is 12.9. The second kappa shape index (κ2) is 9.62. The van der Waals surface area contributed by atoms with Crippen LogP contribution in [0, 0.1) is 0 Å². The van der Waals surface area contributed by atoms with E-state index in [1.165, 1.54) is 21.0 Å².